The number of hydrogen-bond acceptors (Lipinski definition) is 3. The fourth-order valence-corrected chi connectivity index (χ4v) is 2.73. The van der Waals surface area contributed by atoms with Crippen molar-refractivity contribution in [3.8, 4) is 0 Å². The van der Waals surface area contributed by atoms with Crippen molar-refractivity contribution in [2.75, 3.05) is 33.2 Å². The first kappa shape index (κ1) is 8.97. The summed E-state index contributed by atoms with van der Waals surface area (Å²) in [6.07, 6.45) is 0. The minimum absolute atomic E-state index is 0.113. The van der Waals surface area contributed by atoms with Gasteiger partial charge >= 0.3 is 5.97 Å². The first-order valence-electron chi connectivity index (χ1n) is 4.80. The third kappa shape index (κ3) is 1.56. The molecule has 2 bridgehead atoms. The lowest BCUT2D eigenvalue weighted by atomic mass is 9.75. The van der Waals surface area contributed by atoms with Crippen LogP contribution in [0.1, 0.15) is 0 Å². The average Bonchev–Trinajstić information content (AvgIpc) is 2.01. The smallest absolute Gasteiger partial charge is 0.307 e. The van der Waals surface area contributed by atoms with Crippen LogP contribution >= 0.6 is 0 Å². The summed E-state index contributed by atoms with van der Waals surface area (Å²) in [5, 5.41) is 12.4. The van der Waals surface area contributed by atoms with Crippen molar-refractivity contribution in [1.82, 2.24) is 10.2 Å². The van der Waals surface area contributed by atoms with E-state index in [9.17, 15) is 4.79 Å². The van der Waals surface area contributed by atoms with Gasteiger partial charge in [-0.25, -0.2) is 0 Å². The molecular formula is C9H16N2O2. The predicted octanol–water partition coefficient (Wildman–Crippen LogP) is -0.532. The van der Waals surface area contributed by atoms with Gasteiger partial charge in [-0.2, -0.15) is 0 Å². The minimum atomic E-state index is -0.607. The molecule has 4 heteroatoms. The van der Waals surface area contributed by atoms with Gasteiger partial charge in [-0.05, 0) is 18.9 Å². The lowest BCUT2D eigenvalue weighted by Crippen LogP contribution is -2.57. The highest BCUT2D eigenvalue weighted by atomic mass is 16.4. The zero-order valence-corrected chi connectivity index (χ0v) is 7.86. The quantitative estimate of drug-likeness (QED) is 0.575. The van der Waals surface area contributed by atoms with Crippen molar-refractivity contribution in [2.24, 2.45) is 17.8 Å². The molecule has 0 saturated carbocycles. The highest BCUT2D eigenvalue weighted by Gasteiger charge is 2.42. The van der Waals surface area contributed by atoms with Gasteiger partial charge < -0.3 is 15.3 Å². The van der Waals surface area contributed by atoms with Gasteiger partial charge in [0.25, 0.3) is 0 Å². The van der Waals surface area contributed by atoms with Crippen LogP contribution in [0.15, 0.2) is 0 Å². The van der Waals surface area contributed by atoms with Crippen molar-refractivity contribution >= 4 is 5.97 Å². The number of nitrogens with one attached hydrogen (secondary N) is 1. The Morgan fingerprint density at radius 3 is 2.38 bits per heavy atom. The summed E-state index contributed by atoms with van der Waals surface area (Å²) < 4.78 is 0. The molecule has 2 fully saturated rings. The number of likely N-dealkylation sites (tertiary alicyclic amines) is 1. The first-order chi connectivity index (χ1) is 6.18. The van der Waals surface area contributed by atoms with Gasteiger partial charge in [0.05, 0.1) is 5.92 Å². The summed E-state index contributed by atoms with van der Waals surface area (Å²) in [7, 11) is 2.07. The van der Waals surface area contributed by atoms with E-state index in [-0.39, 0.29) is 5.92 Å². The molecule has 13 heavy (non-hydrogen) atoms. The molecule has 0 aromatic carbocycles. The molecule has 0 aromatic heterocycles. The number of rotatable bonds is 1. The Morgan fingerprint density at radius 2 is 1.92 bits per heavy atom. The van der Waals surface area contributed by atoms with Crippen molar-refractivity contribution in [3.05, 3.63) is 0 Å². The number of carbonyl (C=O) groups is 1. The second kappa shape index (κ2) is 3.27. The SMILES string of the molecule is CN1CC2CNCC(C1)C2C(=O)O. The second-order valence-corrected chi connectivity index (χ2v) is 4.26. The fourth-order valence-electron chi connectivity index (χ4n) is 2.73. The van der Waals surface area contributed by atoms with Crippen LogP contribution in [0.3, 0.4) is 0 Å². The molecule has 2 unspecified atom stereocenters. The van der Waals surface area contributed by atoms with Gasteiger partial charge in [-0.15, -0.1) is 0 Å². The molecule has 0 radical (unpaired) electrons. The zero-order valence-electron chi connectivity index (χ0n) is 7.86. The van der Waals surface area contributed by atoms with E-state index in [1.807, 2.05) is 0 Å². The largest absolute Gasteiger partial charge is 0.481 e. The summed E-state index contributed by atoms with van der Waals surface area (Å²) in [5.41, 5.74) is 0. The maximum Gasteiger partial charge on any atom is 0.307 e. The molecule has 2 aliphatic heterocycles. The number of piperidine rings is 2. The Balaban J connectivity index is 2.14. The van der Waals surface area contributed by atoms with Crippen molar-refractivity contribution in [1.29, 1.82) is 0 Å². The average molecular weight is 184 g/mol. The molecule has 74 valence electrons. The van der Waals surface area contributed by atoms with Crippen molar-refractivity contribution in [2.45, 2.75) is 0 Å². The van der Waals surface area contributed by atoms with Crippen molar-refractivity contribution < 1.29 is 9.90 Å². The summed E-state index contributed by atoms with van der Waals surface area (Å²) in [5.74, 6) is -0.118. The van der Waals surface area contributed by atoms with Gasteiger partial charge in [0.2, 0.25) is 0 Å². The summed E-state index contributed by atoms with van der Waals surface area (Å²) in [6.45, 7) is 3.55. The van der Waals surface area contributed by atoms with E-state index in [1.54, 1.807) is 0 Å². The molecule has 2 heterocycles. The fraction of sp³-hybridized carbons (Fsp3) is 0.889. The van der Waals surface area contributed by atoms with Gasteiger partial charge in [0, 0.05) is 26.2 Å². The Morgan fingerprint density at radius 1 is 1.38 bits per heavy atom. The van der Waals surface area contributed by atoms with Crippen LogP contribution < -0.4 is 5.32 Å². The predicted molar refractivity (Wildman–Crippen MR) is 48.5 cm³/mol. The summed E-state index contributed by atoms with van der Waals surface area (Å²) >= 11 is 0. The van der Waals surface area contributed by atoms with E-state index >= 15 is 0 Å². The Kier molecular flexibility index (Phi) is 2.26. The van der Waals surface area contributed by atoms with Gasteiger partial charge in [0.15, 0.2) is 0 Å². The van der Waals surface area contributed by atoms with E-state index < -0.39 is 5.97 Å². The highest BCUT2D eigenvalue weighted by Crippen LogP contribution is 2.30. The number of carboxylic acid groups (broad SMARTS) is 1. The van der Waals surface area contributed by atoms with Crippen LogP contribution in [0.2, 0.25) is 0 Å². The number of aliphatic carboxylic acids is 1. The molecule has 2 aliphatic rings. The Labute approximate surface area is 77.9 Å². The molecule has 0 spiro atoms. The molecule has 0 aromatic rings. The van der Waals surface area contributed by atoms with Crippen LogP contribution in [0.25, 0.3) is 0 Å². The molecule has 0 aliphatic carbocycles. The van der Waals surface area contributed by atoms with Crippen LogP contribution in [-0.4, -0.2) is 49.2 Å². The third-order valence-electron chi connectivity index (χ3n) is 3.21. The molecule has 4 nitrogen and oxygen atoms in total. The maximum atomic E-state index is 11.0. The van der Waals surface area contributed by atoms with Gasteiger partial charge in [-0.3, -0.25) is 4.79 Å². The van der Waals surface area contributed by atoms with E-state index in [0.29, 0.717) is 11.8 Å². The van der Waals surface area contributed by atoms with E-state index in [2.05, 4.69) is 17.3 Å². The third-order valence-corrected chi connectivity index (χ3v) is 3.21. The lowest BCUT2D eigenvalue weighted by molar-refractivity contribution is -0.149. The molecule has 2 N–H and O–H groups in total. The standard InChI is InChI=1S/C9H16N2O2/c1-11-4-6-2-10-3-7(5-11)8(6)9(12)13/h6-8,10H,2-5H2,1H3,(H,12,13). The first-order valence-corrected chi connectivity index (χ1v) is 4.80. The molecular weight excluding hydrogens is 168 g/mol. The maximum absolute atomic E-state index is 11.0. The number of nitrogens with zero attached hydrogens (tertiary/aromatic N) is 1. The van der Waals surface area contributed by atoms with Gasteiger partial charge in [-0.1, -0.05) is 0 Å². The topological polar surface area (TPSA) is 52.6 Å². The van der Waals surface area contributed by atoms with Gasteiger partial charge in [0.1, 0.15) is 0 Å². The number of carboxylic acids is 1. The molecule has 2 atom stereocenters. The van der Waals surface area contributed by atoms with Crippen LogP contribution in [0.5, 0.6) is 0 Å². The minimum Gasteiger partial charge on any atom is -0.481 e. The molecule has 2 saturated heterocycles. The monoisotopic (exact) mass is 184 g/mol. The van der Waals surface area contributed by atoms with E-state index in [0.717, 1.165) is 26.2 Å². The highest BCUT2D eigenvalue weighted by molar-refractivity contribution is 5.71. The van der Waals surface area contributed by atoms with Crippen molar-refractivity contribution in [3.63, 3.8) is 0 Å². The molecule has 0 amide bonds. The zero-order chi connectivity index (χ0) is 9.42. The molecule has 2 rings (SSSR count). The normalized spacial score (nSPS) is 40.2. The Bertz CT molecular complexity index is 206. The lowest BCUT2D eigenvalue weighted by Gasteiger charge is -2.44. The van der Waals surface area contributed by atoms with Crippen LogP contribution in [-0.2, 0) is 4.79 Å². The van der Waals surface area contributed by atoms with Crippen LogP contribution in [0, 0.1) is 17.8 Å². The Hall–Kier alpha value is -0.610. The summed E-state index contributed by atoms with van der Waals surface area (Å²) in [6, 6.07) is 0. The number of hydrogen-bond donors (Lipinski definition) is 2. The second-order valence-electron chi connectivity index (χ2n) is 4.26. The van der Waals surface area contributed by atoms with E-state index in [1.165, 1.54) is 0 Å². The number of fused-ring (bicyclic) bond motifs is 2. The summed E-state index contributed by atoms with van der Waals surface area (Å²) in [4.78, 5) is 13.3. The van der Waals surface area contributed by atoms with E-state index in [4.69, 9.17) is 5.11 Å². The van der Waals surface area contributed by atoms with Crippen LogP contribution in [0.4, 0.5) is 0 Å².